The zero-order valence-electron chi connectivity index (χ0n) is 14.9. The van der Waals surface area contributed by atoms with E-state index in [0.717, 1.165) is 47.0 Å². The molecule has 3 aromatic rings. The number of ether oxygens (including phenoxy) is 2. The summed E-state index contributed by atoms with van der Waals surface area (Å²) in [4.78, 5) is 0. The molecule has 136 valence electrons. The Bertz CT molecular complexity index is 984. The van der Waals surface area contributed by atoms with Gasteiger partial charge in [-0.1, -0.05) is 54.1 Å². The molecule has 1 atom stereocenters. The summed E-state index contributed by atoms with van der Waals surface area (Å²) >= 11 is 6.32. The van der Waals surface area contributed by atoms with E-state index in [4.69, 9.17) is 21.1 Å². The zero-order valence-corrected chi connectivity index (χ0v) is 15.6. The second-order valence-corrected chi connectivity index (χ2v) is 7.45. The van der Waals surface area contributed by atoms with Crippen LogP contribution in [0.5, 0.6) is 11.5 Å². The lowest BCUT2D eigenvalue weighted by Crippen LogP contribution is -2.31. The molecule has 3 aromatic carbocycles. The Morgan fingerprint density at radius 2 is 1.74 bits per heavy atom. The zero-order chi connectivity index (χ0) is 18.2. The maximum absolute atomic E-state index is 6.32. The first-order chi connectivity index (χ1) is 13.3. The molecule has 2 aliphatic heterocycles. The van der Waals surface area contributed by atoms with Gasteiger partial charge in [-0.15, -0.1) is 0 Å². The van der Waals surface area contributed by atoms with Crippen LogP contribution in [0, 0.1) is 0 Å². The van der Waals surface area contributed by atoms with Crippen molar-refractivity contribution in [3.63, 3.8) is 0 Å². The second kappa shape index (κ2) is 6.91. The molecule has 0 radical (unpaired) electrons. The van der Waals surface area contributed by atoms with E-state index >= 15 is 0 Å². The van der Waals surface area contributed by atoms with Crippen LogP contribution in [0.15, 0.2) is 60.7 Å². The van der Waals surface area contributed by atoms with Crippen molar-refractivity contribution in [3.05, 3.63) is 82.4 Å². The number of nitrogens with one attached hydrogen (secondary N) is 1. The quantitative estimate of drug-likeness (QED) is 0.683. The minimum absolute atomic E-state index is 0.286. The summed E-state index contributed by atoms with van der Waals surface area (Å²) in [7, 11) is 0. The molecule has 2 aliphatic rings. The monoisotopic (exact) mass is 377 g/mol. The Morgan fingerprint density at radius 3 is 2.56 bits per heavy atom. The first kappa shape index (κ1) is 16.7. The molecule has 3 nitrogen and oxygen atoms in total. The van der Waals surface area contributed by atoms with Crippen molar-refractivity contribution in [2.24, 2.45) is 0 Å². The molecule has 27 heavy (non-hydrogen) atoms. The third-order valence-corrected chi connectivity index (χ3v) is 5.70. The van der Waals surface area contributed by atoms with E-state index in [1.54, 1.807) is 0 Å². The van der Waals surface area contributed by atoms with Gasteiger partial charge in [0.15, 0.2) is 11.5 Å². The molecule has 0 bridgehead atoms. The van der Waals surface area contributed by atoms with Gasteiger partial charge in [0.1, 0.15) is 0 Å². The van der Waals surface area contributed by atoms with Gasteiger partial charge < -0.3 is 14.8 Å². The lowest BCUT2D eigenvalue weighted by Gasteiger charge is -2.27. The molecule has 0 fully saturated rings. The lowest BCUT2D eigenvalue weighted by atomic mass is 9.89. The maximum atomic E-state index is 6.32. The molecule has 0 aliphatic carbocycles. The Balaban J connectivity index is 1.40. The average Bonchev–Trinajstić information content (AvgIpc) is 3.15. The Labute approximate surface area is 163 Å². The van der Waals surface area contributed by atoms with Crippen molar-refractivity contribution in [2.45, 2.75) is 18.9 Å². The van der Waals surface area contributed by atoms with Crippen LogP contribution in [0.2, 0.25) is 5.02 Å². The molecule has 1 N–H and O–H groups in total. The number of hydrogen-bond donors (Lipinski definition) is 1. The van der Waals surface area contributed by atoms with Gasteiger partial charge in [0.25, 0.3) is 0 Å². The smallest absolute Gasteiger partial charge is 0.231 e. The van der Waals surface area contributed by atoms with Crippen LogP contribution in [0.25, 0.3) is 11.1 Å². The van der Waals surface area contributed by atoms with Gasteiger partial charge in [0, 0.05) is 16.6 Å². The van der Waals surface area contributed by atoms with Crippen molar-refractivity contribution in [3.8, 4) is 22.6 Å². The maximum Gasteiger partial charge on any atom is 0.231 e. The molecular weight excluding hydrogens is 358 g/mol. The molecule has 0 saturated heterocycles. The van der Waals surface area contributed by atoms with Gasteiger partial charge >= 0.3 is 0 Å². The van der Waals surface area contributed by atoms with Crippen LogP contribution in [-0.2, 0) is 12.8 Å². The number of halogens is 1. The van der Waals surface area contributed by atoms with Gasteiger partial charge in [0.05, 0.1) is 0 Å². The highest BCUT2D eigenvalue weighted by atomic mass is 35.5. The molecule has 0 saturated carbocycles. The first-order valence-corrected chi connectivity index (χ1v) is 9.65. The molecule has 0 spiro atoms. The van der Waals surface area contributed by atoms with E-state index in [0.29, 0.717) is 6.79 Å². The molecule has 0 aromatic heterocycles. The fraction of sp³-hybridized carbons (Fsp3) is 0.217. The minimum atomic E-state index is 0.286. The molecule has 5 rings (SSSR count). The molecule has 2 heterocycles. The first-order valence-electron chi connectivity index (χ1n) is 9.27. The summed E-state index contributed by atoms with van der Waals surface area (Å²) < 4.78 is 11.1. The molecular formula is C23H20ClNO2. The number of rotatable bonds is 3. The molecule has 1 unspecified atom stereocenters. The van der Waals surface area contributed by atoms with Crippen LogP contribution in [0.1, 0.15) is 22.7 Å². The average molecular weight is 378 g/mol. The highest BCUT2D eigenvalue weighted by Crippen LogP contribution is 2.39. The van der Waals surface area contributed by atoms with E-state index in [2.05, 4.69) is 47.8 Å². The SMILES string of the molecule is Clc1ccccc1-c1ccc(CC2NCCc3cc4c(cc32)OCO4)cc1. The van der Waals surface area contributed by atoms with Crippen LogP contribution < -0.4 is 14.8 Å². The highest BCUT2D eigenvalue weighted by molar-refractivity contribution is 6.33. The number of benzene rings is 3. The fourth-order valence-electron chi connectivity index (χ4n) is 3.97. The van der Waals surface area contributed by atoms with E-state index in [-0.39, 0.29) is 6.04 Å². The summed E-state index contributed by atoms with van der Waals surface area (Å²) in [6.45, 7) is 1.30. The van der Waals surface area contributed by atoms with Gasteiger partial charge in [-0.2, -0.15) is 0 Å². The van der Waals surface area contributed by atoms with E-state index < -0.39 is 0 Å². The van der Waals surface area contributed by atoms with E-state index in [1.807, 2.05) is 18.2 Å². The Morgan fingerprint density at radius 1 is 0.963 bits per heavy atom. The predicted molar refractivity (Wildman–Crippen MR) is 108 cm³/mol. The van der Waals surface area contributed by atoms with Gasteiger partial charge in [-0.3, -0.25) is 0 Å². The summed E-state index contributed by atoms with van der Waals surface area (Å²) in [5.74, 6) is 1.73. The van der Waals surface area contributed by atoms with Gasteiger partial charge in [0.2, 0.25) is 6.79 Å². The van der Waals surface area contributed by atoms with E-state index in [9.17, 15) is 0 Å². The third kappa shape index (κ3) is 3.18. The van der Waals surface area contributed by atoms with Crippen molar-refractivity contribution >= 4 is 11.6 Å². The lowest BCUT2D eigenvalue weighted by molar-refractivity contribution is 0.174. The standard InChI is InChI=1S/C23H20ClNO2/c24-20-4-2-1-3-18(20)16-7-5-15(6-8-16)11-21-19-13-23-22(26-14-27-23)12-17(19)9-10-25-21/h1-8,12-13,21,25H,9-11,14H2. The fourth-order valence-corrected chi connectivity index (χ4v) is 4.21. The molecule has 4 heteroatoms. The predicted octanol–water partition coefficient (Wildman–Crippen LogP) is 5.17. The minimum Gasteiger partial charge on any atom is -0.454 e. The summed E-state index contributed by atoms with van der Waals surface area (Å²) in [5.41, 5.74) is 6.19. The van der Waals surface area contributed by atoms with Crippen molar-refractivity contribution < 1.29 is 9.47 Å². The van der Waals surface area contributed by atoms with Gasteiger partial charge in [-0.25, -0.2) is 0 Å². The largest absolute Gasteiger partial charge is 0.454 e. The summed E-state index contributed by atoms with van der Waals surface area (Å²) in [6, 6.07) is 21.2. The van der Waals surface area contributed by atoms with Crippen LogP contribution in [0.3, 0.4) is 0 Å². The van der Waals surface area contributed by atoms with Gasteiger partial charge in [-0.05, 0) is 59.8 Å². The third-order valence-electron chi connectivity index (χ3n) is 5.37. The topological polar surface area (TPSA) is 30.5 Å². The normalized spacial score (nSPS) is 17.6. The summed E-state index contributed by atoms with van der Waals surface area (Å²) in [5, 5.41) is 4.43. The van der Waals surface area contributed by atoms with Crippen LogP contribution in [0.4, 0.5) is 0 Å². The number of hydrogen-bond acceptors (Lipinski definition) is 3. The second-order valence-electron chi connectivity index (χ2n) is 7.04. The Hall–Kier alpha value is -2.49. The number of fused-ring (bicyclic) bond motifs is 2. The highest BCUT2D eigenvalue weighted by Gasteiger charge is 2.25. The summed E-state index contributed by atoms with van der Waals surface area (Å²) in [6.07, 6.45) is 1.96. The Kier molecular flexibility index (Phi) is 4.27. The van der Waals surface area contributed by atoms with Crippen LogP contribution in [-0.4, -0.2) is 13.3 Å². The van der Waals surface area contributed by atoms with Crippen LogP contribution >= 0.6 is 11.6 Å². The van der Waals surface area contributed by atoms with E-state index in [1.165, 1.54) is 16.7 Å². The van der Waals surface area contributed by atoms with Crippen molar-refractivity contribution in [2.75, 3.05) is 13.3 Å². The van der Waals surface area contributed by atoms with Crippen molar-refractivity contribution in [1.82, 2.24) is 5.32 Å². The van der Waals surface area contributed by atoms with Crippen molar-refractivity contribution in [1.29, 1.82) is 0 Å². The molecule has 0 amide bonds.